The summed E-state index contributed by atoms with van der Waals surface area (Å²) in [6, 6.07) is 8.46. The molecule has 1 aromatic carbocycles. The third kappa shape index (κ3) is 5.79. The van der Waals surface area contributed by atoms with Crippen molar-refractivity contribution in [2.24, 2.45) is 10.9 Å². The van der Waals surface area contributed by atoms with Gasteiger partial charge in [0, 0.05) is 37.2 Å². The van der Waals surface area contributed by atoms with Gasteiger partial charge in [-0.05, 0) is 31.4 Å². The SMILES string of the molecule is CCNC(=NCc1cccc(-c2ncn[nH]2)c1)NC1CCN(C(=O)C(C)C)CC1. The topological polar surface area (TPSA) is 98.3 Å². The van der Waals surface area contributed by atoms with Crippen LogP contribution in [0.4, 0.5) is 0 Å². The van der Waals surface area contributed by atoms with Crippen molar-refractivity contribution in [3.63, 3.8) is 0 Å². The number of hydrogen-bond donors (Lipinski definition) is 3. The van der Waals surface area contributed by atoms with Crippen LogP contribution in [0, 0.1) is 5.92 Å². The third-order valence-electron chi connectivity index (χ3n) is 5.02. The molecule has 0 atom stereocenters. The second kappa shape index (κ2) is 10.0. The number of nitrogens with zero attached hydrogens (tertiary/aromatic N) is 4. The summed E-state index contributed by atoms with van der Waals surface area (Å²) in [6.45, 7) is 8.95. The van der Waals surface area contributed by atoms with Gasteiger partial charge in [-0.3, -0.25) is 9.89 Å². The second-order valence-corrected chi connectivity index (χ2v) is 7.63. The van der Waals surface area contributed by atoms with Gasteiger partial charge in [0.1, 0.15) is 6.33 Å². The van der Waals surface area contributed by atoms with Crippen molar-refractivity contribution in [1.82, 2.24) is 30.7 Å². The first kappa shape index (κ1) is 20.8. The summed E-state index contributed by atoms with van der Waals surface area (Å²) < 4.78 is 0. The molecule has 1 aliphatic heterocycles. The summed E-state index contributed by atoms with van der Waals surface area (Å²) in [5.41, 5.74) is 2.10. The Morgan fingerprint density at radius 3 is 2.79 bits per heavy atom. The minimum atomic E-state index is 0.0612. The quantitative estimate of drug-likeness (QED) is 0.513. The Labute approximate surface area is 172 Å². The molecule has 1 fully saturated rings. The number of piperidine rings is 1. The summed E-state index contributed by atoms with van der Waals surface area (Å²) in [5.74, 6) is 1.87. The number of aromatic amines is 1. The Kier molecular flexibility index (Phi) is 7.21. The van der Waals surface area contributed by atoms with Crippen molar-refractivity contribution in [3.05, 3.63) is 36.2 Å². The lowest BCUT2D eigenvalue weighted by Crippen LogP contribution is -2.50. The van der Waals surface area contributed by atoms with Gasteiger partial charge < -0.3 is 15.5 Å². The Morgan fingerprint density at radius 1 is 1.34 bits per heavy atom. The van der Waals surface area contributed by atoms with Crippen LogP contribution in [0.15, 0.2) is 35.6 Å². The molecule has 0 unspecified atom stereocenters. The standard InChI is InChI=1S/C21H31N7O/c1-4-22-21(26-18-8-10-28(11-9-18)20(29)15(2)3)23-13-16-6-5-7-17(12-16)19-24-14-25-27-19/h5-7,12,14-15,18H,4,8-11,13H2,1-3H3,(H2,22,23,26)(H,24,25,27). The number of rotatable bonds is 6. The predicted molar refractivity (Wildman–Crippen MR) is 114 cm³/mol. The molecule has 0 saturated carbocycles. The summed E-state index contributed by atoms with van der Waals surface area (Å²) >= 11 is 0. The molecule has 8 nitrogen and oxygen atoms in total. The molecule has 2 aromatic rings. The van der Waals surface area contributed by atoms with Gasteiger partial charge in [0.2, 0.25) is 5.91 Å². The Bertz CT molecular complexity index is 808. The van der Waals surface area contributed by atoms with E-state index in [-0.39, 0.29) is 11.8 Å². The molecule has 1 amide bonds. The fraction of sp³-hybridized carbons (Fsp3) is 0.524. The van der Waals surface area contributed by atoms with Gasteiger partial charge in [0.05, 0.1) is 6.54 Å². The van der Waals surface area contributed by atoms with Gasteiger partial charge in [0.25, 0.3) is 0 Å². The van der Waals surface area contributed by atoms with E-state index in [1.54, 1.807) is 0 Å². The highest BCUT2D eigenvalue weighted by atomic mass is 16.2. The van der Waals surface area contributed by atoms with Crippen LogP contribution in [0.2, 0.25) is 0 Å². The Balaban J connectivity index is 1.58. The number of H-pyrrole nitrogens is 1. The Hall–Kier alpha value is -2.90. The summed E-state index contributed by atoms with van der Waals surface area (Å²) in [5, 5.41) is 13.7. The van der Waals surface area contributed by atoms with E-state index in [4.69, 9.17) is 4.99 Å². The van der Waals surface area contributed by atoms with Gasteiger partial charge in [-0.1, -0.05) is 32.0 Å². The monoisotopic (exact) mass is 397 g/mol. The first-order chi connectivity index (χ1) is 14.1. The number of aliphatic imine (C=N–C) groups is 1. The number of likely N-dealkylation sites (tertiary alicyclic amines) is 1. The maximum Gasteiger partial charge on any atom is 0.225 e. The number of benzene rings is 1. The van der Waals surface area contributed by atoms with E-state index >= 15 is 0 Å². The summed E-state index contributed by atoms with van der Waals surface area (Å²) in [6.07, 6.45) is 3.38. The maximum atomic E-state index is 12.2. The number of carbonyl (C=O) groups is 1. The average molecular weight is 398 g/mol. The molecule has 0 aliphatic carbocycles. The lowest BCUT2D eigenvalue weighted by molar-refractivity contribution is -0.135. The van der Waals surface area contributed by atoms with Crippen LogP contribution in [-0.2, 0) is 11.3 Å². The average Bonchev–Trinajstić information content (AvgIpc) is 3.27. The number of aromatic nitrogens is 3. The maximum absolute atomic E-state index is 12.2. The molecule has 0 radical (unpaired) electrons. The molecule has 29 heavy (non-hydrogen) atoms. The molecule has 0 bridgehead atoms. The smallest absolute Gasteiger partial charge is 0.225 e. The van der Waals surface area contributed by atoms with Crippen molar-refractivity contribution in [1.29, 1.82) is 0 Å². The molecular weight excluding hydrogens is 366 g/mol. The van der Waals surface area contributed by atoms with E-state index in [1.165, 1.54) is 6.33 Å². The van der Waals surface area contributed by atoms with E-state index < -0.39 is 0 Å². The highest BCUT2D eigenvalue weighted by Crippen LogP contribution is 2.16. The van der Waals surface area contributed by atoms with Gasteiger partial charge in [-0.25, -0.2) is 9.98 Å². The minimum Gasteiger partial charge on any atom is -0.357 e. The molecule has 0 spiro atoms. The molecule has 156 valence electrons. The van der Waals surface area contributed by atoms with Crippen LogP contribution in [0.1, 0.15) is 39.2 Å². The molecule has 3 rings (SSSR count). The van der Waals surface area contributed by atoms with Crippen molar-refractivity contribution in [3.8, 4) is 11.4 Å². The first-order valence-electron chi connectivity index (χ1n) is 10.3. The van der Waals surface area contributed by atoms with E-state index in [0.717, 1.165) is 55.4 Å². The number of nitrogens with one attached hydrogen (secondary N) is 3. The van der Waals surface area contributed by atoms with Crippen LogP contribution >= 0.6 is 0 Å². The van der Waals surface area contributed by atoms with Crippen LogP contribution < -0.4 is 10.6 Å². The lowest BCUT2D eigenvalue weighted by atomic mass is 10.0. The highest BCUT2D eigenvalue weighted by Gasteiger charge is 2.24. The highest BCUT2D eigenvalue weighted by molar-refractivity contribution is 5.80. The van der Waals surface area contributed by atoms with Gasteiger partial charge >= 0.3 is 0 Å². The second-order valence-electron chi connectivity index (χ2n) is 7.63. The molecule has 3 N–H and O–H groups in total. The number of hydrogen-bond acceptors (Lipinski definition) is 4. The first-order valence-corrected chi connectivity index (χ1v) is 10.3. The van der Waals surface area contributed by atoms with Crippen LogP contribution in [0.3, 0.4) is 0 Å². The normalized spacial score (nSPS) is 15.6. The van der Waals surface area contributed by atoms with Crippen LogP contribution in [0.25, 0.3) is 11.4 Å². The lowest BCUT2D eigenvalue weighted by Gasteiger charge is -2.34. The number of guanidine groups is 1. The summed E-state index contributed by atoms with van der Waals surface area (Å²) in [7, 11) is 0. The van der Waals surface area contributed by atoms with E-state index in [1.807, 2.05) is 30.9 Å². The van der Waals surface area contributed by atoms with Gasteiger partial charge in [-0.2, -0.15) is 5.10 Å². The zero-order valence-electron chi connectivity index (χ0n) is 17.5. The molecular formula is C21H31N7O. The van der Waals surface area contributed by atoms with Gasteiger partial charge in [-0.15, -0.1) is 0 Å². The largest absolute Gasteiger partial charge is 0.357 e. The van der Waals surface area contributed by atoms with Crippen molar-refractivity contribution in [2.45, 2.75) is 46.2 Å². The fourth-order valence-corrected chi connectivity index (χ4v) is 3.45. The van der Waals surface area contributed by atoms with E-state index in [2.05, 4.69) is 44.9 Å². The molecule has 2 heterocycles. The number of carbonyl (C=O) groups excluding carboxylic acids is 1. The van der Waals surface area contributed by atoms with Crippen molar-refractivity contribution in [2.75, 3.05) is 19.6 Å². The molecule has 1 aliphatic rings. The van der Waals surface area contributed by atoms with Crippen LogP contribution in [-0.4, -0.2) is 57.6 Å². The molecule has 8 heteroatoms. The fourth-order valence-electron chi connectivity index (χ4n) is 3.45. The van der Waals surface area contributed by atoms with Crippen LogP contribution in [0.5, 0.6) is 0 Å². The Morgan fingerprint density at radius 2 is 2.14 bits per heavy atom. The van der Waals surface area contributed by atoms with E-state index in [0.29, 0.717) is 12.6 Å². The van der Waals surface area contributed by atoms with Crippen molar-refractivity contribution < 1.29 is 4.79 Å². The zero-order valence-corrected chi connectivity index (χ0v) is 17.5. The van der Waals surface area contributed by atoms with E-state index in [9.17, 15) is 4.79 Å². The molecule has 1 aromatic heterocycles. The number of amides is 1. The van der Waals surface area contributed by atoms with Gasteiger partial charge in [0.15, 0.2) is 11.8 Å². The minimum absolute atomic E-state index is 0.0612. The van der Waals surface area contributed by atoms with Crippen molar-refractivity contribution >= 4 is 11.9 Å². The third-order valence-corrected chi connectivity index (χ3v) is 5.02. The predicted octanol–water partition coefficient (Wildman–Crippen LogP) is 2.17. The zero-order chi connectivity index (χ0) is 20.6. The summed E-state index contributed by atoms with van der Waals surface area (Å²) in [4.78, 5) is 23.1. The molecule has 1 saturated heterocycles.